The van der Waals surface area contributed by atoms with Crippen LogP contribution < -0.4 is 0 Å². The van der Waals surface area contributed by atoms with E-state index in [2.05, 4.69) is 23.7 Å². The molecular weight excluding hydrogens is 319 g/mol. The fourth-order valence-corrected chi connectivity index (χ4v) is 1.94. The molecule has 0 unspecified atom stereocenters. The van der Waals surface area contributed by atoms with E-state index in [1.807, 2.05) is 13.0 Å². The Labute approximate surface area is 109 Å². The molecule has 0 spiro atoms. The Hall–Kier alpha value is -0.628. The van der Waals surface area contributed by atoms with E-state index in [9.17, 15) is 9.59 Å². The van der Waals surface area contributed by atoms with Crippen molar-refractivity contribution in [1.82, 2.24) is 0 Å². The molecule has 92 valence electrons. The van der Waals surface area contributed by atoms with Crippen molar-refractivity contribution in [3.05, 3.63) is 21.9 Å². The molecule has 16 heavy (non-hydrogen) atoms. The van der Waals surface area contributed by atoms with Gasteiger partial charge in [0.2, 0.25) is 0 Å². The molecule has 3 nitrogen and oxygen atoms in total. The van der Waals surface area contributed by atoms with Crippen molar-refractivity contribution in [2.24, 2.45) is 0 Å². The van der Waals surface area contributed by atoms with E-state index < -0.39 is 5.97 Å². The second kappa shape index (κ2) is 8.52. The number of aryl methyl sites for hydroxylation is 1. The summed E-state index contributed by atoms with van der Waals surface area (Å²) in [5.41, 5.74) is 0. The molecule has 0 aliphatic carbocycles. The number of hydrogen-bond donors (Lipinski definition) is 1. The molecule has 0 aliphatic rings. The van der Waals surface area contributed by atoms with E-state index >= 15 is 0 Å². The summed E-state index contributed by atoms with van der Waals surface area (Å²) in [6, 6.07) is 3.69. The maximum atomic E-state index is 11.5. The Kier molecular flexibility index (Phi) is 8.18. The number of Topliss-reactive ketones (excluding diaryl/α,β-unsaturated/α-hetero) is 1. The summed E-state index contributed by atoms with van der Waals surface area (Å²) >= 11 is 3.96. The number of carboxylic acids is 1. The monoisotopic (exact) mass is 332 g/mol. The number of ketones is 1. The molecule has 1 aromatic heterocycles. The van der Waals surface area contributed by atoms with Crippen molar-refractivity contribution < 1.29 is 33.4 Å². The second-order valence-corrected chi connectivity index (χ2v) is 4.37. The zero-order valence-electron chi connectivity index (χ0n) is 8.97. The van der Waals surface area contributed by atoms with Crippen LogP contribution in [0.5, 0.6) is 0 Å². The Balaban J connectivity index is 0.00000106. The third-order valence-electron chi connectivity index (χ3n) is 1.81. The molecule has 0 atom stereocenters. The van der Waals surface area contributed by atoms with Crippen molar-refractivity contribution in [1.29, 1.82) is 0 Å². The first-order valence-electron chi connectivity index (χ1n) is 4.63. The molecule has 1 aromatic rings. The summed E-state index contributed by atoms with van der Waals surface area (Å²) in [6.07, 6.45) is 0.813. The summed E-state index contributed by atoms with van der Waals surface area (Å²) in [6.45, 7) is 1.94. The van der Waals surface area contributed by atoms with E-state index in [0.717, 1.165) is 9.75 Å². The third-order valence-corrected chi connectivity index (χ3v) is 2.85. The van der Waals surface area contributed by atoms with Gasteiger partial charge in [-0.3, -0.25) is 9.59 Å². The van der Waals surface area contributed by atoms with Gasteiger partial charge < -0.3 is 5.11 Å². The first-order valence-corrected chi connectivity index (χ1v) is 6.55. The van der Waals surface area contributed by atoms with Crippen molar-refractivity contribution >= 4 is 28.1 Å². The van der Waals surface area contributed by atoms with Gasteiger partial charge in [0.05, 0.1) is 4.88 Å². The van der Waals surface area contributed by atoms with Gasteiger partial charge in [0.1, 0.15) is 0 Å². The molecule has 0 aliphatic heterocycles. The molecule has 0 aromatic carbocycles. The van der Waals surface area contributed by atoms with Crippen LogP contribution in [-0.4, -0.2) is 21.8 Å². The Morgan fingerprint density at radius 2 is 2.00 bits per heavy atom. The summed E-state index contributed by atoms with van der Waals surface area (Å²) in [5, 5.41) is 8.39. The molecule has 0 fully saturated rings. The van der Waals surface area contributed by atoms with Crippen molar-refractivity contribution in [3.8, 4) is 0 Å². The molecule has 0 saturated carbocycles. The number of carboxylic acid groups (broad SMARTS) is 1. The molecule has 5 heteroatoms. The van der Waals surface area contributed by atoms with Crippen LogP contribution in [0.2, 0.25) is 0 Å². The van der Waals surface area contributed by atoms with Crippen LogP contribution in [-0.2, 0) is 23.5 Å². The quantitative estimate of drug-likeness (QED) is 0.665. The molecule has 0 bridgehead atoms. The minimum atomic E-state index is -0.847. The zero-order chi connectivity index (χ0) is 12.6. The Bertz CT molecular complexity index is 360. The van der Waals surface area contributed by atoms with Crippen molar-refractivity contribution in [2.75, 3.05) is 0 Å². The fourth-order valence-electron chi connectivity index (χ4n) is 1.11. The maximum absolute atomic E-state index is 11.5. The van der Waals surface area contributed by atoms with E-state index in [1.54, 1.807) is 6.07 Å². The topological polar surface area (TPSA) is 54.4 Å². The van der Waals surface area contributed by atoms with Crippen molar-refractivity contribution in [2.45, 2.75) is 26.2 Å². The molecule has 0 radical (unpaired) electrons. The predicted octanol–water partition coefficient (Wildman–Crippen LogP) is 2.46. The van der Waals surface area contributed by atoms with E-state index in [4.69, 9.17) is 5.11 Å². The molecule has 1 heterocycles. The van der Waals surface area contributed by atoms with Gasteiger partial charge in [-0.2, -0.15) is 0 Å². The van der Waals surface area contributed by atoms with Gasteiger partial charge in [-0.25, -0.2) is 0 Å². The van der Waals surface area contributed by atoms with Gasteiger partial charge in [0.15, 0.2) is 5.78 Å². The number of rotatable bonds is 5. The second-order valence-electron chi connectivity index (χ2n) is 3.08. The third kappa shape index (κ3) is 6.06. The SMILES string of the molecule is Cc1ccc(C(=O)CCCC(=O)O)s1.[CH2]=[Pd]. The molecule has 0 saturated heterocycles. The van der Waals surface area contributed by atoms with Gasteiger partial charge in [0, 0.05) is 17.7 Å². The number of thiophene rings is 1. The van der Waals surface area contributed by atoms with Gasteiger partial charge in [-0.1, -0.05) is 0 Å². The van der Waals surface area contributed by atoms with E-state index in [-0.39, 0.29) is 12.2 Å². The first-order chi connectivity index (χ1) is 7.59. The van der Waals surface area contributed by atoms with Crippen molar-refractivity contribution in [3.63, 3.8) is 0 Å². The Morgan fingerprint density at radius 3 is 2.44 bits per heavy atom. The van der Waals surface area contributed by atoms with Crippen LogP contribution in [0.1, 0.15) is 33.8 Å². The zero-order valence-corrected chi connectivity index (χ0v) is 11.3. The number of aliphatic carboxylic acids is 1. The first kappa shape index (κ1) is 15.4. The van der Waals surface area contributed by atoms with Crippen LogP contribution in [0.4, 0.5) is 0 Å². The number of hydrogen-bond acceptors (Lipinski definition) is 3. The average molecular weight is 333 g/mol. The van der Waals surface area contributed by atoms with Crippen LogP contribution >= 0.6 is 11.3 Å². The van der Waals surface area contributed by atoms with Crippen LogP contribution in [0.3, 0.4) is 0 Å². The number of carbonyl (C=O) groups excluding carboxylic acids is 1. The summed E-state index contributed by atoms with van der Waals surface area (Å²) < 4.78 is 0. The van der Waals surface area contributed by atoms with Gasteiger partial charge in [-0.05, 0) is 25.5 Å². The van der Waals surface area contributed by atoms with Gasteiger partial charge in [-0.15, -0.1) is 11.3 Å². The Morgan fingerprint density at radius 1 is 1.38 bits per heavy atom. The minimum absolute atomic E-state index is 0.0457. The molecule has 1 rings (SSSR count). The average Bonchev–Trinajstić information content (AvgIpc) is 2.67. The summed E-state index contributed by atoms with van der Waals surface area (Å²) in [4.78, 5) is 26.6. The van der Waals surface area contributed by atoms with Gasteiger partial charge in [0.25, 0.3) is 0 Å². The number of carbonyl (C=O) groups is 2. The van der Waals surface area contributed by atoms with E-state index in [0.29, 0.717) is 12.8 Å². The molecule has 1 N–H and O–H groups in total. The molecular formula is C11H14O3PdS. The molecule has 0 amide bonds. The normalized spacial score (nSPS) is 9.19. The van der Waals surface area contributed by atoms with E-state index in [1.165, 1.54) is 11.3 Å². The fraction of sp³-hybridized carbons (Fsp3) is 0.364. The predicted molar refractivity (Wildman–Crippen MR) is 62.0 cm³/mol. The van der Waals surface area contributed by atoms with Gasteiger partial charge >= 0.3 is 29.7 Å². The summed E-state index contributed by atoms with van der Waals surface area (Å²) in [7, 11) is 0. The van der Waals surface area contributed by atoms with Crippen LogP contribution in [0.15, 0.2) is 12.1 Å². The standard InChI is InChI=1S/C10H12O3S.CH2.Pd/c1-7-5-6-9(14-7)8(11)3-2-4-10(12)13;;/h5-6H,2-4H2,1H3,(H,12,13);1H2;. The van der Waals surface area contributed by atoms with Crippen LogP contribution in [0.25, 0.3) is 0 Å². The summed E-state index contributed by atoms with van der Waals surface area (Å²) in [5.74, 6) is -0.801. The van der Waals surface area contributed by atoms with Crippen LogP contribution in [0, 0.1) is 6.92 Å².